The van der Waals surface area contributed by atoms with Crippen LogP contribution in [0, 0.1) is 0 Å². The van der Waals surface area contributed by atoms with Crippen molar-refractivity contribution in [3.05, 3.63) is 24.3 Å². The Morgan fingerprint density at radius 1 is 1.24 bits per heavy atom. The Morgan fingerprint density at radius 2 is 1.90 bits per heavy atom. The number of hydrogen-bond acceptors (Lipinski definition) is 8. The second-order valence-corrected chi connectivity index (χ2v) is 4.99. The molecule has 1 aromatic rings. The summed E-state index contributed by atoms with van der Waals surface area (Å²) in [5.74, 6) is 0.451. The molecule has 0 amide bonds. The summed E-state index contributed by atoms with van der Waals surface area (Å²) >= 11 is 0. The van der Waals surface area contributed by atoms with Crippen molar-refractivity contribution < 1.29 is 30.1 Å². The van der Waals surface area contributed by atoms with Crippen LogP contribution in [0.1, 0.15) is 12.8 Å². The van der Waals surface area contributed by atoms with Crippen LogP contribution in [0.5, 0.6) is 5.75 Å². The van der Waals surface area contributed by atoms with Gasteiger partial charge in [0, 0.05) is 12.1 Å². The third-order valence-electron chi connectivity index (χ3n) is 3.29. The summed E-state index contributed by atoms with van der Waals surface area (Å²) in [4.78, 5) is 0. The van der Waals surface area contributed by atoms with Crippen LogP contribution in [-0.2, 0) is 4.74 Å². The zero-order valence-electron chi connectivity index (χ0n) is 11.4. The Morgan fingerprint density at radius 3 is 2.52 bits per heavy atom. The summed E-state index contributed by atoms with van der Waals surface area (Å²) in [5, 5.41) is 37.2. The van der Waals surface area contributed by atoms with Crippen molar-refractivity contribution in [1.82, 2.24) is 5.23 Å². The van der Waals surface area contributed by atoms with E-state index in [0.29, 0.717) is 11.4 Å². The lowest BCUT2D eigenvalue weighted by Gasteiger charge is -2.37. The van der Waals surface area contributed by atoms with Crippen LogP contribution in [0.3, 0.4) is 0 Å². The van der Waals surface area contributed by atoms with Gasteiger partial charge in [0.2, 0.25) is 6.29 Å². The Balaban J connectivity index is 1.97. The SMILES string of the molecule is Nc1ccc(OC2OC(CCN(O)O)CC(O)C2O)cc1. The molecule has 4 atom stereocenters. The van der Waals surface area contributed by atoms with Gasteiger partial charge in [-0.2, -0.15) is 0 Å². The Labute approximate surface area is 121 Å². The number of rotatable bonds is 5. The van der Waals surface area contributed by atoms with Gasteiger partial charge in [-0.25, -0.2) is 0 Å². The number of nitrogens with two attached hydrogens (primary N) is 1. The second kappa shape index (κ2) is 7.03. The van der Waals surface area contributed by atoms with Crippen molar-refractivity contribution in [2.24, 2.45) is 0 Å². The van der Waals surface area contributed by atoms with Crippen molar-refractivity contribution in [1.29, 1.82) is 0 Å². The average molecular weight is 300 g/mol. The normalized spacial score (nSPS) is 29.6. The molecule has 0 aromatic heterocycles. The smallest absolute Gasteiger partial charge is 0.228 e. The first-order valence-electron chi connectivity index (χ1n) is 6.65. The van der Waals surface area contributed by atoms with Gasteiger partial charge in [-0.3, -0.25) is 10.4 Å². The molecule has 4 unspecified atom stereocenters. The molecule has 2 rings (SSSR count). The first kappa shape index (κ1) is 16.0. The van der Waals surface area contributed by atoms with Crippen LogP contribution in [0.15, 0.2) is 24.3 Å². The van der Waals surface area contributed by atoms with E-state index in [-0.39, 0.29) is 24.6 Å². The molecule has 1 fully saturated rings. The summed E-state index contributed by atoms with van der Waals surface area (Å²) in [7, 11) is 0. The molecule has 0 spiro atoms. The van der Waals surface area contributed by atoms with E-state index in [1.807, 2.05) is 0 Å². The van der Waals surface area contributed by atoms with Gasteiger partial charge in [-0.1, -0.05) is 5.23 Å². The lowest BCUT2D eigenvalue weighted by Crippen LogP contribution is -2.51. The van der Waals surface area contributed by atoms with E-state index in [2.05, 4.69) is 0 Å². The molecular formula is C13H20N2O6. The summed E-state index contributed by atoms with van der Waals surface area (Å²) in [6.07, 6.45) is -3.21. The van der Waals surface area contributed by atoms with E-state index in [1.54, 1.807) is 24.3 Å². The van der Waals surface area contributed by atoms with Crippen molar-refractivity contribution in [2.75, 3.05) is 12.3 Å². The molecule has 21 heavy (non-hydrogen) atoms. The maximum atomic E-state index is 9.91. The molecule has 0 aliphatic carbocycles. The molecule has 1 saturated heterocycles. The molecule has 0 radical (unpaired) electrons. The maximum absolute atomic E-state index is 9.91. The predicted octanol–water partition coefficient (Wildman–Crippen LogP) is -0.0451. The van der Waals surface area contributed by atoms with Crippen LogP contribution in [0.25, 0.3) is 0 Å². The van der Waals surface area contributed by atoms with Gasteiger partial charge in [0.1, 0.15) is 11.9 Å². The van der Waals surface area contributed by atoms with Gasteiger partial charge in [0.15, 0.2) is 0 Å². The van der Waals surface area contributed by atoms with Crippen molar-refractivity contribution in [3.63, 3.8) is 0 Å². The molecule has 0 bridgehead atoms. The lowest BCUT2D eigenvalue weighted by molar-refractivity contribution is -0.312. The standard InChI is InChI=1S/C13H20N2O6/c14-8-1-3-9(4-2-8)20-13-12(17)11(16)7-10(21-13)5-6-15(18)19/h1-4,10-13,16-19H,5-7,14H2. The maximum Gasteiger partial charge on any atom is 0.228 e. The molecular weight excluding hydrogens is 280 g/mol. The van der Waals surface area contributed by atoms with Crippen molar-refractivity contribution >= 4 is 5.69 Å². The number of nitrogen functional groups attached to an aromatic ring is 1. The number of hydroxylamine groups is 2. The van der Waals surface area contributed by atoms with Gasteiger partial charge < -0.3 is 25.4 Å². The Hall–Kier alpha value is -1.42. The minimum Gasteiger partial charge on any atom is -0.462 e. The van der Waals surface area contributed by atoms with E-state index in [9.17, 15) is 10.2 Å². The van der Waals surface area contributed by atoms with Crippen LogP contribution in [0.4, 0.5) is 5.69 Å². The summed E-state index contributed by atoms with van der Waals surface area (Å²) in [6, 6.07) is 6.55. The summed E-state index contributed by atoms with van der Waals surface area (Å²) in [5.41, 5.74) is 6.15. The largest absolute Gasteiger partial charge is 0.462 e. The number of anilines is 1. The number of benzene rings is 1. The van der Waals surface area contributed by atoms with Crippen LogP contribution in [0.2, 0.25) is 0 Å². The highest BCUT2D eigenvalue weighted by Crippen LogP contribution is 2.25. The van der Waals surface area contributed by atoms with E-state index >= 15 is 0 Å². The van der Waals surface area contributed by atoms with Gasteiger partial charge in [-0.15, -0.1) is 0 Å². The number of hydrogen-bond donors (Lipinski definition) is 5. The summed E-state index contributed by atoms with van der Waals surface area (Å²) < 4.78 is 11.0. The van der Waals surface area contributed by atoms with Gasteiger partial charge in [0.05, 0.1) is 18.8 Å². The zero-order chi connectivity index (χ0) is 15.4. The number of nitrogens with zero attached hydrogens (tertiary/aromatic N) is 1. The lowest BCUT2D eigenvalue weighted by atomic mass is 10.0. The van der Waals surface area contributed by atoms with Crippen LogP contribution >= 0.6 is 0 Å². The quantitative estimate of drug-likeness (QED) is 0.378. The minimum absolute atomic E-state index is 0.0396. The first-order valence-corrected chi connectivity index (χ1v) is 6.65. The van der Waals surface area contributed by atoms with Crippen LogP contribution in [-0.4, -0.2) is 57.0 Å². The van der Waals surface area contributed by atoms with E-state index < -0.39 is 24.6 Å². The van der Waals surface area contributed by atoms with E-state index in [1.165, 1.54) is 0 Å². The third-order valence-corrected chi connectivity index (χ3v) is 3.29. The Bertz CT molecular complexity index is 441. The van der Waals surface area contributed by atoms with Gasteiger partial charge >= 0.3 is 0 Å². The van der Waals surface area contributed by atoms with Crippen molar-refractivity contribution in [2.45, 2.75) is 37.4 Å². The average Bonchev–Trinajstić information content (AvgIpc) is 2.44. The van der Waals surface area contributed by atoms with E-state index in [0.717, 1.165) is 0 Å². The number of ether oxygens (including phenoxy) is 2. The molecule has 8 heteroatoms. The minimum atomic E-state index is -1.18. The fraction of sp³-hybridized carbons (Fsp3) is 0.538. The highest BCUT2D eigenvalue weighted by molar-refractivity contribution is 5.41. The van der Waals surface area contributed by atoms with Gasteiger partial charge in [-0.05, 0) is 30.7 Å². The molecule has 0 saturated carbocycles. The molecule has 8 nitrogen and oxygen atoms in total. The highest BCUT2D eigenvalue weighted by atomic mass is 16.8. The fourth-order valence-electron chi connectivity index (χ4n) is 2.14. The molecule has 1 aliphatic rings. The molecule has 1 aromatic carbocycles. The zero-order valence-corrected chi connectivity index (χ0v) is 11.4. The Kier molecular flexibility index (Phi) is 5.34. The van der Waals surface area contributed by atoms with Crippen molar-refractivity contribution in [3.8, 4) is 5.75 Å². The summed E-state index contributed by atoms with van der Waals surface area (Å²) in [6.45, 7) is -0.0396. The number of aliphatic hydroxyl groups is 2. The highest BCUT2D eigenvalue weighted by Gasteiger charge is 2.38. The molecule has 6 N–H and O–H groups in total. The number of aliphatic hydroxyl groups excluding tert-OH is 2. The van der Waals surface area contributed by atoms with Crippen LogP contribution < -0.4 is 10.5 Å². The predicted molar refractivity (Wildman–Crippen MR) is 71.7 cm³/mol. The molecule has 1 aliphatic heterocycles. The molecule has 1 heterocycles. The van der Waals surface area contributed by atoms with E-state index in [4.69, 9.17) is 25.6 Å². The second-order valence-electron chi connectivity index (χ2n) is 4.99. The first-order chi connectivity index (χ1) is 9.95. The fourth-order valence-corrected chi connectivity index (χ4v) is 2.14. The van der Waals surface area contributed by atoms with Gasteiger partial charge in [0.25, 0.3) is 0 Å². The molecule has 118 valence electrons. The third kappa shape index (κ3) is 4.53. The monoisotopic (exact) mass is 300 g/mol. The topological polar surface area (TPSA) is 129 Å².